The average molecular weight is 352 g/mol. The molecule has 0 saturated heterocycles. The van der Waals surface area contributed by atoms with E-state index in [1.165, 1.54) is 5.56 Å². The van der Waals surface area contributed by atoms with Crippen LogP contribution >= 0.6 is 27.5 Å². The van der Waals surface area contributed by atoms with E-state index in [1.54, 1.807) is 18.2 Å². The van der Waals surface area contributed by atoms with Crippen LogP contribution in [-0.2, 0) is 11.2 Å². The molecular formula is C15H12BrClN2O. The van der Waals surface area contributed by atoms with E-state index in [0.29, 0.717) is 11.4 Å². The number of halogens is 2. The van der Waals surface area contributed by atoms with Crippen molar-refractivity contribution in [1.29, 1.82) is 0 Å². The summed E-state index contributed by atoms with van der Waals surface area (Å²) in [6, 6.07) is 13.1. The molecule has 0 fully saturated rings. The zero-order valence-corrected chi connectivity index (χ0v) is 12.8. The zero-order chi connectivity index (χ0) is 14.1. The van der Waals surface area contributed by atoms with Crippen molar-refractivity contribution in [2.45, 2.75) is 12.5 Å². The maximum Gasteiger partial charge on any atom is 0.247 e. The first-order chi connectivity index (χ1) is 9.63. The van der Waals surface area contributed by atoms with Gasteiger partial charge in [0, 0.05) is 22.3 Å². The van der Waals surface area contributed by atoms with Gasteiger partial charge in [-0.2, -0.15) is 0 Å². The molecule has 0 unspecified atom stereocenters. The highest BCUT2D eigenvalue weighted by atomic mass is 79.9. The highest BCUT2D eigenvalue weighted by Crippen LogP contribution is 2.28. The molecule has 0 radical (unpaired) electrons. The van der Waals surface area contributed by atoms with Crippen molar-refractivity contribution in [3.05, 3.63) is 57.5 Å². The first-order valence-corrected chi connectivity index (χ1v) is 7.41. The second-order valence-corrected chi connectivity index (χ2v) is 5.94. The summed E-state index contributed by atoms with van der Waals surface area (Å²) in [6.45, 7) is 0. The van der Waals surface area contributed by atoms with E-state index in [0.717, 1.165) is 15.8 Å². The van der Waals surface area contributed by atoms with Gasteiger partial charge >= 0.3 is 0 Å². The summed E-state index contributed by atoms with van der Waals surface area (Å²) in [5, 5.41) is 6.75. The van der Waals surface area contributed by atoms with E-state index in [-0.39, 0.29) is 11.9 Å². The van der Waals surface area contributed by atoms with Crippen LogP contribution in [0.15, 0.2) is 46.9 Å². The number of hydrogen-bond acceptors (Lipinski definition) is 2. The Morgan fingerprint density at radius 3 is 2.85 bits per heavy atom. The second kappa shape index (κ2) is 5.46. The summed E-state index contributed by atoms with van der Waals surface area (Å²) in [5.74, 6) is -0.0459. The Kier molecular flexibility index (Phi) is 3.68. The maximum atomic E-state index is 12.3. The lowest BCUT2D eigenvalue weighted by molar-refractivity contribution is -0.116. The lowest BCUT2D eigenvalue weighted by Crippen LogP contribution is -2.32. The molecule has 3 rings (SSSR count). The van der Waals surface area contributed by atoms with Crippen molar-refractivity contribution < 1.29 is 4.79 Å². The van der Waals surface area contributed by atoms with Crippen molar-refractivity contribution in [2.24, 2.45) is 0 Å². The Bertz CT molecular complexity index is 650. The van der Waals surface area contributed by atoms with Crippen LogP contribution in [0.2, 0.25) is 5.02 Å². The van der Waals surface area contributed by atoms with Gasteiger partial charge in [0.05, 0.1) is 5.02 Å². The third-order valence-electron chi connectivity index (χ3n) is 3.27. The molecule has 0 aliphatic carbocycles. The molecule has 1 atom stereocenters. The minimum Gasteiger partial charge on any atom is -0.373 e. The molecule has 0 aromatic heterocycles. The van der Waals surface area contributed by atoms with Gasteiger partial charge in [0.25, 0.3) is 0 Å². The predicted octanol–water partition coefficient (Wildman–Crippen LogP) is 4.08. The van der Waals surface area contributed by atoms with Gasteiger partial charge in [-0.15, -0.1) is 0 Å². The molecule has 5 heteroatoms. The molecule has 1 amide bonds. The number of para-hydroxylation sites is 1. The van der Waals surface area contributed by atoms with Crippen LogP contribution in [0.5, 0.6) is 0 Å². The van der Waals surface area contributed by atoms with Gasteiger partial charge < -0.3 is 10.6 Å². The third kappa shape index (κ3) is 2.67. The predicted molar refractivity (Wildman–Crippen MR) is 85.3 cm³/mol. The minimum atomic E-state index is -0.234. The standard InChI is InChI=1S/C15H12BrClN2O/c16-11-8-10(5-6-12(11)17)18-15(20)14-7-9-3-1-2-4-13(9)19-14/h1-6,8,14,19H,7H2,(H,18,20)/t14-/m0/s1. The molecule has 3 nitrogen and oxygen atoms in total. The topological polar surface area (TPSA) is 41.1 Å². The number of hydrogen-bond donors (Lipinski definition) is 2. The van der Waals surface area contributed by atoms with Crippen LogP contribution < -0.4 is 10.6 Å². The zero-order valence-electron chi connectivity index (χ0n) is 10.5. The van der Waals surface area contributed by atoms with E-state index in [1.807, 2.05) is 24.3 Å². The molecule has 20 heavy (non-hydrogen) atoms. The van der Waals surface area contributed by atoms with Crippen molar-refractivity contribution in [2.75, 3.05) is 10.6 Å². The van der Waals surface area contributed by atoms with Gasteiger partial charge in [0.15, 0.2) is 0 Å². The van der Waals surface area contributed by atoms with Crippen LogP contribution in [0.3, 0.4) is 0 Å². The van der Waals surface area contributed by atoms with Crippen molar-refractivity contribution in [3.8, 4) is 0 Å². The Morgan fingerprint density at radius 1 is 1.30 bits per heavy atom. The monoisotopic (exact) mass is 350 g/mol. The van der Waals surface area contributed by atoms with Gasteiger partial charge in [-0.25, -0.2) is 0 Å². The van der Waals surface area contributed by atoms with Crippen molar-refractivity contribution >= 4 is 44.8 Å². The second-order valence-electron chi connectivity index (χ2n) is 4.68. The number of anilines is 2. The normalized spacial score (nSPS) is 16.4. The first-order valence-electron chi connectivity index (χ1n) is 6.24. The summed E-state index contributed by atoms with van der Waals surface area (Å²) in [5.41, 5.74) is 2.93. The maximum absolute atomic E-state index is 12.3. The molecule has 1 heterocycles. The molecule has 2 aromatic rings. The molecule has 0 saturated carbocycles. The van der Waals surface area contributed by atoms with Crippen LogP contribution in [0.1, 0.15) is 5.56 Å². The number of nitrogens with one attached hydrogen (secondary N) is 2. The van der Waals surface area contributed by atoms with Crippen molar-refractivity contribution in [3.63, 3.8) is 0 Å². The van der Waals surface area contributed by atoms with Gasteiger partial charge in [-0.05, 0) is 45.8 Å². The fourth-order valence-electron chi connectivity index (χ4n) is 2.26. The first kappa shape index (κ1) is 13.5. The Hall–Kier alpha value is -1.52. The van der Waals surface area contributed by atoms with E-state index < -0.39 is 0 Å². The fourth-order valence-corrected chi connectivity index (χ4v) is 2.76. The quantitative estimate of drug-likeness (QED) is 0.856. The third-order valence-corrected chi connectivity index (χ3v) is 4.49. The van der Waals surface area contributed by atoms with E-state index >= 15 is 0 Å². The van der Waals surface area contributed by atoms with Gasteiger partial charge in [-0.1, -0.05) is 29.8 Å². The fraction of sp³-hybridized carbons (Fsp3) is 0.133. The summed E-state index contributed by atoms with van der Waals surface area (Å²) in [6.07, 6.45) is 0.705. The summed E-state index contributed by atoms with van der Waals surface area (Å²) >= 11 is 9.28. The highest BCUT2D eigenvalue weighted by Gasteiger charge is 2.26. The van der Waals surface area contributed by atoms with E-state index in [2.05, 4.69) is 26.6 Å². The Balaban J connectivity index is 1.71. The van der Waals surface area contributed by atoms with Crippen LogP contribution in [0.25, 0.3) is 0 Å². The lowest BCUT2D eigenvalue weighted by Gasteiger charge is -2.12. The number of rotatable bonds is 2. The number of carbonyl (C=O) groups is 1. The highest BCUT2D eigenvalue weighted by molar-refractivity contribution is 9.10. The van der Waals surface area contributed by atoms with Gasteiger partial charge in [0.1, 0.15) is 6.04 Å². The number of fused-ring (bicyclic) bond motifs is 1. The van der Waals surface area contributed by atoms with Crippen molar-refractivity contribution in [1.82, 2.24) is 0 Å². The SMILES string of the molecule is O=C(Nc1ccc(Cl)c(Br)c1)[C@@H]1Cc2ccccc2N1. The molecule has 102 valence electrons. The molecule has 0 spiro atoms. The van der Waals surface area contributed by atoms with Crippen LogP contribution in [-0.4, -0.2) is 11.9 Å². The molecule has 1 aliphatic heterocycles. The van der Waals surface area contributed by atoms with Crippen LogP contribution in [0.4, 0.5) is 11.4 Å². The van der Waals surface area contributed by atoms with Crippen LogP contribution in [0, 0.1) is 0 Å². The molecule has 1 aliphatic rings. The molecular weight excluding hydrogens is 340 g/mol. The van der Waals surface area contributed by atoms with E-state index in [9.17, 15) is 4.79 Å². The largest absolute Gasteiger partial charge is 0.373 e. The minimum absolute atomic E-state index is 0.0459. The van der Waals surface area contributed by atoms with Gasteiger partial charge in [-0.3, -0.25) is 4.79 Å². The lowest BCUT2D eigenvalue weighted by atomic mass is 10.1. The summed E-state index contributed by atoms with van der Waals surface area (Å²) in [4.78, 5) is 12.3. The Morgan fingerprint density at radius 2 is 2.10 bits per heavy atom. The molecule has 0 bridgehead atoms. The number of benzene rings is 2. The summed E-state index contributed by atoms with van der Waals surface area (Å²) in [7, 11) is 0. The van der Waals surface area contributed by atoms with Gasteiger partial charge in [0.2, 0.25) is 5.91 Å². The number of amides is 1. The molecule has 2 N–H and O–H groups in total. The average Bonchev–Trinajstić information content (AvgIpc) is 2.87. The summed E-state index contributed by atoms with van der Waals surface area (Å²) < 4.78 is 0.764. The smallest absolute Gasteiger partial charge is 0.247 e. The Labute approximate surface area is 130 Å². The molecule has 2 aromatic carbocycles. The van der Waals surface area contributed by atoms with E-state index in [4.69, 9.17) is 11.6 Å². The number of carbonyl (C=O) groups excluding carboxylic acids is 1.